The van der Waals surface area contributed by atoms with Crippen LogP contribution >= 0.6 is 0 Å². The lowest BCUT2D eigenvalue weighted by atomic mass is 10.1. The van der Waals surface area contributed by atoms with E-state index < -0.39 is 5.97 Å². The van der Waals surface area contributed by atoms with E-state index >= 15 is 0 Å². The Kier molecular flexibility index (Phi) is 5.84. The molecule has 2 aromatic carbocycles. The zero-order valence-electron chi connectivity index (χ0n) is 14.8. The van der Waals surface area contributed by atoms with E-state index in [0.717, 1.165) is 17.7 Å². The monoisotopic (exact) mass is 364 g/mol. The maximum absolute atomic E-state index is 11.3. The standard InChI is InChI=1S/C20H20N4O3/c1-27-15-6-4-5-14(11-15)9-10-21-18-12-19(23-13-22-18)24-17-8-3-2-7-16(17)20(25)26/h2-8,11-13H,9-10H2,1H3,(H,25,26)(H2,21,22,23,24). The number of carbonyl (C=O) groups is 1. The van der Waals surface area contributed by atoms with E-state index in [-0.39, 0.29) is 5.56 Å². The van der Waals surface area contributed by atoms with Crippen LogP contribution in [0.15, 0.2) is 60.9 Å². The molecule has 0 spiro atoms. The second-order valence-corrected chi connectivity index (χ2v) is 5.79. The average molecular weight is 364 g/mol. The van der Waals surface area contributed by atoms with Gasteiger partial charge in [-0.1, -0.05) is 24.3 Å². The molecule has 0 atom stereocenters. The van der Waals surface area contributed by atoms with Crippen LogP contribution in [0.4, 0.5) is 17.3 Å². The fraction of sp³-hybridized carbons (Fsp3) is 0.150. The number of hydrogen-bond acceptors (Lipinski definition) is 6. The number of ether oxygens (including phenoxy) is 1. The summed E-state index contributed by atoms with van der Waals surface area (Å²) in [6.07, 6.45) is 2.24. The molecule has 7 nitrogen and oxygen atoms in total. The van der Waals surface area contributed by atoms with Crippen molar-refractivity contribution in [3.8, 4) is 5.75 Å². The molecule has 0 saturated heterocycles. The van der Waals surface area contributed by atoms with Crippen molar-refractivity contribution >= 4 is 23.3 Å². The first-order valence-electron chi connectivity index (χ1n) is 8.44. The van der Waals surface area contributed by atoms with E-state index in [1.165, 1.54) is 6.33 Å². The third-order valence-electron chi connectivity index (χ3n) is 3.94. The number of carboxylic acids is 1. The predicted molar refractivity (Wildman–Crippen MR) is 104 cm³/mol. The molecule has 0 saturated carbocycles. The van der Waals surface area contributed by atoms with Crippen LogP contribution in [-0.2, 0) is 6.42 Å². The number of rotatable bonds is 8. The van der Waals surface area contributed by atoms with Crippen LogP contribution < -0.4 is 15.4 Å². The highest BCUT2D eigenvalue weighted by atomic mass is 16.5. The summed E-state index contributed by atoms with van der Waals surface area (Å²) in [5.74, 6) is 1.01. The van der Waals surface area contributed by atoms with Gasteiger partial charge in [0.25, 0.3) is 0 Å². The lowest BCUT2D eigenvalue weighted by Gasteiger charge is -2.10. The lowest BCUT2D eigenvalue weighted by molar-refractivity contribution is 0.0698. The third kappa shape index (κ3) is 4.94. The zero-order valence-corrected chi connectivity index (χ0v) is 14.8. The molecule has 3 N–H and O–H groups in total. The van der Waals surface area contributed by atoms with Crippen LogP contribution in [-0.4, -0.2) is 34.7 Å². The highest BCUT2D eigenvalue weighted by Gasteiger charge is 2.09. The fourth-order valence-corrected chi connectivity index (χ4v) is 2.60. The maximum atomic E-state index is 11.3. The summed E-state index contributed by atoms with van der Waals surface area (Å²) in [6, 6.07) is 16.3. The minimum atomic E-state index is -0.996. The van der Waals surface area contributed by atoms with Crippen molar-refractivity contribution in [2.45, 2.75) is 6.42 Å². The van der Waals surface area contributed by atoms with E-state index in [9.17, 15) is 9.90 Å². The number of carboxylic acid groups (broad SMARTS) is 1. The number of hydrogen-bond donors (Lipinski definition) is 3. The molecule has 3 aromatic rings. The molecule has 0 amide bonds. The van der Waals surface area contributed by atoms with E-state index in [1.807, 2.05) is 24.3 Å². The molecule has 0 aliphatic heterocycles. The van der Waals surface area contributed by atoms with Crippen LogP contribution in [0.25, 0.3) is 0 Å². The second-order valence-electron chi connectivity index (χ2n) is 5.79. The van der Waals surface area contributed by atoms with Crippen molar-refractivity contribution in [1.29, 1.82) is 0 Å². The summed E-state index contributed by atoms with van der Waals surface area (Å²) < 4.78 is 5.23. The molecule has 138 valence electrons. The Morgan fingerprint density at radius 1 is 1.07 bits per heavy atom. The van der Waals surface area contributed by atoms with Gasteiger partial charge in [-0.2, -0.15) is 0 Å². The zero-order chi connectivity index (χ0) is 19.1. The van der Waals surface area contributed by atoms with Crippen molar-refractivity contribution in [2.24, 2.45) is 0 Å². The molecule has 0 radical (unpaired) electrons. The smallest absolute Gasteiger partial charge is 0.337 e. The number of anilines is 3. The molecule has 1 aromatic heterocycles. The van der Waals surface area contributed by atoms with E-state index in [4.69, 9.17) is 4.74 Å². The van der Waals surface area contributed by atoms with Gasteiger partial charge >= 0.3 is 5.97 Å². The minimum absolute atomic E-state index is 0.184. The number of nitrogens with one attached hydrogen (secondary N) is 2. The minimum Gasteiger partial charge on any atom is -0.497 e. The molecule has 7 heteroatoms. The summed E-state index contributed by atoms with van der Waals surface area (Å²) >= 11 is 0. The molecule has 3 rings (SSSR count). The van der Waals surface area contributed by atoms with Crippen molar-refractivity contribution in [3.63, 3.8) is 0 Å². The summed E-state index contributed by atoms with van der Waals surface area (Å²) in [6.45, 7) is 0.690. The summed E-state index contributed by atoms with van der Waals surface area (Å²) in [5.41, 5.74) is 1.82. The Bertz CT molecular complexity index is 930. The van der Waals surface area contributed by atoms with Crippen molar-refractivity contribution in [1.82, 2.24) is 9.97 Å². The fourth-order valence-electron chi connectivity index (χ4n) is 2.60. The van der Waals surface area contributed by atoms with Crippen LogP contribution in [0.1, 0.15) is 15.9 Å². The van der Waals surface area contributed by atoms with Crippen molar-refractivity contribution < 1.29 is 14.6 Å². The molecule has 0 fully saturated rings. The van der Waals surface area contributed by atoms with E-state index in [0.29, 0.717) is 23.9 Å². The van der Waals surface area contributed by atoms with Crippen LogP contribution in [0.2, 0.25) is 0 Å². The van der Waals surface area contributed by atoms with Gasteiger partial charge in [0.2, 0.25) is 0 Å². The van der Waals surface area contributed by atoms with Gasteiger partial charge in [-0.05, 0) is 36.2 Å². The average Bonchev–Trinajstić information content (AvgIpc) is 2.69. The van der Waals surface area contributed by atoms with Gasteiger partial charge in [-0.3, -0.25) is 0 Å². The highest BCUT2D eigenvalue weighted by Crippen LogP contribution is 2.20. The lowest BCUT2D eigenvalue weighted by Crippen LogP contribution is -2.08. The summed E-state index contributed by atoms with van der Waals surface area (Å²) in [4.78, 5) is 19.7. The second kappa shape index (κ2) is 8.66. The van der Waals surface area contributed by atoms with E-state index in [2.05, 4.69) is 20.6 Å². The van der Waals surface area contributed by atoms with Gasteiger partial charge < -0.3 is 20.5 Å². The molecule has 1 heterocycles. The summed E-state index contributed by atoms with van der Waals surface area (Å²) in [7, 11) is 1.65. The highest BCUT2D eigenvalue weighted by molar-refractivity contribution is 5.95. The first-order chi connectivity index (χ1) is 13.2. The van der Waals surface area contributed by atoms with Gasteiger partial charge in [-0.25, -0.2) is 14.8 Å². The topological polar surface area (TPSA) is 96.4 Å². The number of nitrogens with zero attached hydrogens (tertiary/aromatic N) is 2. The van der Waals surface area contributed by atoms with Gasteiger partial charge in [0.05, 0.1) is 18.4 Å². The summed E-state index contributed by atoms with van der Waals surface area (Å²) in [5, 5.41) is 15.5. The molecular weight excluding hydrogens is 344 g/mol. The number of aromatic nitrogens is 2. The largest absolute Gasteiger partial charge is 0.497 e. The quantitative estimate of drug-likeness (QED) is 0.562. The van der Waals surface area contributed by atoms with Crippen molar-refractivity contribution in [2.75, 3.05) is 24.3 Å². The Hall–Kier alpha value is -3.61. The Morgan fingerprint density at radius 3 is 2.70 bits per heavy atom. The third-order valence-corrected chi connectivity index (χ3v) is 3.94. The predicted octanol–water partition coefficient (Wildman–Crippen LogP) is 3.58. The molecule has 0 aliphatic rings. The number of para-hydroxylation sites is 1. The van der Waals surface area contributed by atoms with E-state index in [1.54, 1.807) is 37.4 Å². The Balaban J connectivity index is 1.63. The molecule has 0 unspecified atom stereocenters. The first-order valence-corrected chi connectivity index (χ1v) is 8.44. The number of benzene rings is 2. The normalized spacial score (nSPS) is 10.3. The van der Waals surface area contributed by atoms with Crippen LogP contribution in [0.3, 0.4) is 0 Å². The maximum Gasteiger partial charge on any atom is 0.337 e. The van der Waals surface area contributed by atoms with Gasteiger partial charge in [-0.15, -0.1) is 0 Å². The molecule has 0 bridgehead atoms. The SMILES string of the molecule is COc1cccc(CCNc2cc(Nc3ccccc3C(=O)O)ncn2)c1. The molecular formula is C20H20N4O3. The number of aromatic carboxylic acids is 1. The van der Waals surface area contributed by atoms with Crippen LogP contribution in [0.5, 0.6) is 5.75 Å². The van der Waals surface area contributed by atoms with Crippen molar-refractivity contribution in [3.05, 3.63) is 72.1 Å². The van der Waals surface area contributed by atoms with Crippen LogP contribution in [0, 0.1) is 0 Å². The Morgan fingerprint density at radius 2 is 1.89 bits per heavy atom. The van der Waals surface area contributed by atoms with Gasteiger partial charge in [0.1, 0.15) is 23.7 Å². The van der Waals surface area contributed by atoms with Gasteiger partial charge in [0, 0.05) is 12.6 Å². The first kappa shape index (κ1) is 18.2. The Labute approximate surface area is 157 Å². The number of methoxy groups -OCH3 is 1. The molecule has 27 heavy (non-hydrogen) atoms. The van der Waals surface area contributed by atoms with Gasteiger partial charge in [0.15, 0.2) is 0 Å². The molecule has 0 aliphatic carbocycles.